The van der Waals surface area contributed by atoms with Crippen molar-refractivity contribution in [3.05, 3.63) is 53.2 Å². The van der Waals surface area contributed by atoms with Crippen LogP contribution in [0.1, 0.15) is 62.8 Å². The molecule has 1 aromatic carbocycles. The normalized spacial score (nSPS) is 25.9. The first-order chi connectivity index (χ1) is 24.5. The number of likely N-dealkylation sites (tertiary alicyclic amines) is 1. The molecule has 0 amide bonds. The molecule has 0 saturated carbocycles. The summed E-state index contributed by atoms with van der Waals surface area (Å²) in [6, 6.07) is 12.9. The SMILES string of the molecule is CC(C)N1CCC[C@H]1COc1nc2c(c(N3CCN(C(O)/C=C/CN4CCOCC4)[C@@H](CC#N)C3)n1)CC[C@H](N1CCCc3ccccc31)C2. The van der Waals surface area contributed by atoms with Crippen molar-refractivity contribution in [2.75, 3.05) is 82.0 Å². The fraction of sp³-hybridized carbons (Fsp3) is 0.667. The van der Waals surface area contributed by atoms with E-state index in [2.05, 4.69) is 74.8 Å². The van der Waals surface area contributed by atoms with Crippen LogP contribution in [-0.4, -0.2) is 132 Å². The van der Waals surface area contributed by atoms with Gasteiger partial charge in [0.15, 0.2) is 0 Å². The molecule has 11 nitrogen and oxygen atoms in total. The van der Waals surface area contributed by atoms with Gasteiger partial charge in [-0.15, -0.1) is 0 Å². The second kappa shape index (κ2) is 16.4. The number of nitriles is 1. The number of hydrogen-bond acceptors (Lipinski definition) is 11. The van der Waals surface area contributed by atoms with Gasteiger partial charge in [0.25, 0.3) is 0 Å². The van der Waals surface area contributed by atoms with Gasteiger partial charge < -0.3 is 24.4 Å². The van der Waals surface area contributed by atoms with E-state index in [0.717, 1.165) is 89.6 Å². The van der Waals surface area contributed by atoms with Crippen LogP contribution in [0.2, 0.25) is 0 Å². The van der Waals surface area contributed by atoms with E-state index >= 15 is 0 Å². The molecular formula is C39H56N8O3. The highest BCUT2D eigenvalue weighted by molar-refractivity contribution is 5.58. The lowest BCUT2D eigenvalue weighted by molar-refractivity contribution is 0.00351. The van der Waals surface area contributed by atoms with E-state index in [1.54, 1.807) is 0 Å². The van der Waals surface area contributed by atoms with Crippen molar-refractivity contribution in [3.63, 3.8) is 0 Å². The van der Waals surface area contributed by atoms with Crippen LogP contribution in [0.4, 0.5) is 11.5 Å². The average molecular weight is 685 g/mol. The molecule has 1 aliphatic carbocycles. The summed E-state index contributed by atoms with van der Waals surface area (Å²) in [5.74, 6) is 0.953. The Balaban J connectivity index is 1.11. The van der Waals surface area contributed by atoms with E-state index in [0.29, 0.717) is 56.8 Å². The third kappa shape index (κ3) is 7.95. The Morgan fingerprint density at radius 1 is 1.00 bits per heavy atom. The zero-order valence-corrected chi connectivity index (χ0v) is 30.1. The molecule has 2 aromatic rings. The van der Waals surface area contributed by atoms with Crippen LogP contribution in [0, 0.1) is 11.3 Å². The maximum Gasteiger partial charge on any atom is 0.318 e. The first-order valence-corrected chi connectivity index (χ1v) is 19.1. The molecule has 0 spiro atoms. The standard InChI is InChI=1S/C39H56N8O3/c1-29(2)45-18-6-10-33(45)28-50-39-41-35-26-31(46-19-5-9-30-8-3-4-11-36(30)46)13-14-34(35)38(42-39)44-20-21-47(32(27-44)15-16-40)37(48)12-7-17-43-22-24-49-25-23-43/h3-4,7-8,11-12,29,31-33,37,48H,5-6,9-10,13-15,17-28H2,1-2H3/b12-7+/t31-,32-,33-,37?/m0/s1. The Morgan fingerprint density at radius 2 is 1.86 bits per heavy atom. The van der Waals surface area contributed by atoms with Crippen LogP contribution in [0.5, 0.6) is 6.01 Å². The lowest BCUT2D eigenvalue weighted by Gasteiger charge is -2.44. The van der Waals surface area contributed by atoms with E-state index < -0.39 is 6.23 Å². The van der Waals surface area contributed by atoms with E-state index in [1.807, 2.05) is 6.08 Å². The number of nitrogens with zero attached hydrogens (tertiary/aromatic N) is 8. The molecule has 5 aliphatic rings. The molecule has 3 fully saturated rings. The molecule has 0 radical (unpaired) electrons. The van der Waals surface area contributed by atoms with Crippen molar-refractivity contribution in [1.82, 2.24) is 24.7 Å². The Labute approximate surface area is 298 Å². The topological polar surface area (TPSA) is 104 Å². The highest BCUT2D eigenvalue weighted by atomic mass is 16.5. The lowest BCUT2D eigenvalue weighted by Crippen LogP contribution is -2.56. The van der Waals surface area contributed by atoms with Crippen molar-refractivity contribution in [2.24, 2.45) is 0 Å². The number of morpholine rings is 1. The summed E-state index contributed by atoms with van der Waals surface area (Å²) in [6.07, 6.45) is 11.0. The molecule has 5 heterocycles. The number of aliphatic hydroxyl groups is 1. The van der Waals surface area contributed by atoms with Gasteiger partial charge in [0.1, 0.15) is 18.7 Å². The first-order valence-electron chi connectivity index (χ1n) is 19.1. The number of aryl methyl sites for hydroxylation is 1. The van der Waals surface area contributed by atoms with E-state index in [-0.39, 0.29) is 6.04 Å². The summed E-state index contributed by atoms with van der Waals surface area (Å²) in [6.45, 7) is 13.4. The molecule has 11 heteroatoms. The zero-order valence-electron chi connectivity index (χ0n) is 30.1. The van der Waals surface area contributed by atoms with Crippen LogP contribution >= 0.6 is 0 Å². The Hall–Kier alpha value is -3.27. The summed E-state index contributed by atoms with van der Waals surface area (Å²) in [7, 11) is 0. The number of hydrogen-bond donors (Lipinski definition) is 1. The van der Waals surface area contributed by atoms with E-state index in [4.69, 9.17) is 19.4 Å². The number of rotatable bonds is 11. The quantitative estimate of drug-likeness (QED) is 0.351. The van der Waals surface area contributed by atoms with Gasteiger partial charge in [0, 0.05) is 87.7 Å². The summed E-state index contributed by atoms with van der Waals surface area (Å²) in [5.41, 5.74) is 5.14. The average Bonchev–Trinajstić information content (AvgIpc) is 3.63. The third-order valence-corrected chi connectivity index (χ3v) is 11.6. The van der Waals surface area contributed by atoms with E-state index in [1.165, 1.54) is 29.7 Å². The van der Waals surface area contributed by atoms with Gasteiger partial charge in [0.2, 0.25) is 0 Å². The lowest BCUT2D eigenvalue weighted by atomic mass is 9.88. The largest absolute Gasteiger partial charge is 0.462 e. The van der Waals surface area contributed by atoms with Crippen LogP contribution in [-0.2, 0) is 24.0 Å². The Kier molecular flexibility index (Phi) is 11.5. The number of para-hydroxylation sites is 1. The zero-order chi connectivity index (χ0) is 34.5. The fourth-order valence-electron chi connectivity index (χ4n) is 8.90. The highest BCUT2D eigenvalue weighted by Gasteiger charge is 2.36. The van der Waals surface area contributed by atoms with Crippen LogP contribution in [0.15, 0.2) is 36.4 Å². The summed E-state index contributed by atoms with van der Waals surface area (Å²) < 4.78 is 12.0. The van der Waals surface area contributed by atoms with E-state index in [9.17, 15) is 10.4 Å². The number of aromatic nitrogens is 2. The number of benzene rings is 1. The fourth-order valence-corrected chi connectivity index (χ4v) is 8.90. The molecule has 4 aliphatic heterocycles. The summed E-state index contributed by atoms with van der Waals surface area (Å²) in [4.78, 5) is 22.2. The molecule has 4 atom stereocenters. The van der Waals surface area contributed by atoms with Crippen molar-refractivity contribution in [3.8, 4) is 12.1 Å². The summed E-state index contributed by atoms with van der Waals surface area (Å²) >= 11 is 0. The van der Waals surface area contributed by atoms with Gasteiger partial charge in [-0.25, -0.2) is 0 Å². The third-order valence-electron chi connectivity index (χ3n) is 11.6. The van der Waals surface area contributed by atoms with Crippen LogP contribution in [0.25, 0.3) is 0 Å². The minimum Gasteiger partial charge on any atom is -0.462 e. The van der Waals surface area contributed by atoms with Crippen molar-refractivity contribution in [2.45, 2.75) is 95.6 Å². The number of fused-ring (bicyclic) bond motifs is 2. The highest BCUT2D eigenvalue weighted by Crippen LogP contribution is 2.37. The van der Waals surface area contributed by atoms with Crippen LogP contribution < -0.4 is 14.5 Å². The van der Waals surface area contributed by atoms with Gasteiger partial charge in [-0.2, -0.15) is 15.2 Å². The number of ether oxygens (including phenoxy) is 2. The first kappa shape index (κ1) is 35.1. The smallest absolute Gasteiger partial charge is 0.318 e. The minimum absolute atomic E-state index is 0.119. The maximum atomic E-state index is 11.3. The second-order valence-electron chi connectivity index (χ2n) is 15.0. The van der Waals surface area contributed by atoms with Crippen molar-refractivity contribution in [1.29, 1.82) is 5.26 Å². The van der Waals surface area contributed by atoms with Gasteiger partial charge >= 0.3 is 6.01 Å². The molecule has 7 rings (SSSR count). The van der Waals surface area contributed by atoms with Gasteiger partial charge in [-0.1, -0.05) is 24.3 Å². The molecular weight excluding hydrogens is 628 g/mol. The molecule has 3 saturated heterocycles. The van der Waals surface area contributed by atoms with Gasteiger partial charge in [0.05, 0.1) is 31.4 Å². The van der Waals surface area contributed by atoms with Crippen molar-refractivity contribution >= 4 is 11.5 Å². The molecule has 1 unspecified atom stereocenters. The van der Waals surface area contributed by atoms with Gasteiger partial charge in [-0.05, 0) is 76.6 Å². The number of aliphatic hydroxyl groups excluding tert-OH is 1. The Morgan fingerprint density at radius 3 is 2.70 bits per heavy atom. The molecule has 1 N–H and O–H groups in total. The number of piperazine rings is 1. The molecule has 50 heavy (non-hydrogen) atoms. The minimum atomic E-state index is -0.738. The Bertz CT molecular complexity index is 1510. The molecule has 1 aromatic heterocycles. The van der Waals surface area contributed by atoms with Crippen LogP contribution in [0.3, 0.4) is 0 Å². The van der Waals surface area contributed by atoms with Gasteiger partial charge in [-0.3, -0.25) is 14.7 Å². The maximum absolute atomic E-state index is 11.3. The predicted molar refractivity (Wildman–Crippen MR) is 196 cm³/mol. The second-order valence-corrected chi connectivity index (χ2v) is 15.0. The molecule has 270 valence electrons. The summed E-state index contributed by atoms with van der Waals surface area (Å²) in [5, 5.41) is 21.1. The predicted octanol–water partition coefficient (Wildman–Crippen LogP) is 3.65. The molecule has 0 bridgehead atoms. The monoisotopic (exact) mass is 684 g/mol. The van der Waals surface area contributed by atoms with Crippen molar-refractivity contribution < 1.29 is 14.6 Å². The number of anilines is 2.